The van der Waals surface area contributed by atoms with Gasteiger partial charge in [0, 0.05) is 18.5 Å². The molecule has 1 aromatic carbocycles. The molecule has 0 saturated carbocycles. The minimum atomic E-state index is -1.09. The van der Waals surface area contributed by atoms with E-state index in [0.29, 0.717) is 6.07 Å². The monoisotopic (exact) mass is 414 g/mol. The quantitative estimate of drug-likeness (QED) is 0.619. The fraction of sp³-hybridized carbons (Fsp3) is 0.238. The van der Waals surface area contributed by atoms with Gasteiger partial charge >= 0.3 is 0 Å². The van der Waals surface area contributed by atoms with Crippen molar-refractivity contribution in [3.63, 3.8) is 0 Å². The number of carbonyl (C=O) groups is 2. The molecule has 0 spiro atoms. The van der Waals surface area contributed by atoms with Crippen LogP contribution in [0, 0.1) is 11.6 Å². The van der Waals surface area contributed by atoms with Gasteiger partial charge in [0.2, 0.25) is 5.89 Å². The molecule has 7 nitrogen and oxygen atoms in total. The van der Waals surface area contributed by atoms with Gasteiger partial charge in [-0.15, -0.1) is 0 Å². The number of rotatable bonds is 7. The normalized spacial score (nSPS) is 11.9. The molecule has 0 radical (unpaired) electrons. The molecule has 30 heavy (non-hydrogen) atoms. The van der Waals surface area contributed by atoms with Crippen molar-refractivity contribution in [1.82, 2.24) is 20.6 Å². The van der Waals surface area contributed by atoms with Crippen LogP contribution >= 0.6 is 0 Å². The van der Waals surface area contributed by atoms with E-state index in [4.69, 9.17) is 4.42 Å². The number of hydrogen-bond acceptors (Lipinski definition) is 5. The predicted octanol–water partition coefficient (Wildman–Crippen LogP) is 3.20. The van der Waals surface area contributed by atoms with Crippen LogP contribution in [0.2, 0.25) is 0 Å². The zero-order chi connectivity index (χ0) is 21.7. The van der Waals surface area contributed by atoms with E-state index in [9.17, 15) is 18.4 Å². The number of nitrogens with one attached hydrogen (secondary N) is 2. The van der Waals surface area contributed by atoms with E-state index < -0.39 is 35.2 Å². The van der Waals surface area contributed by atoms with Crippen LogP contribution in [-0.2, 0) is 6.42 Å². The van der Waals surface area contributed by atoms with Crippen LogP contribution < -0.4 is 10.6 Å². The van der Waals surface area contributed by atoms with Crippen molar-refractivity contribution in [3.05, 3.63) is 83.3 Å². The second kappa shape index (κ2) is 9.25. The molecular formula is C21H20F2N4O3. The van der Waals surface area contributed by atoms with Crippen molar-refractivity contribution in [2.24, 2.45) is 0 Å². The maximum Gasteiger partial charge on any atom is 0.273 e. The van der Waals surface area contributed by atoms with E-state index in [2.05, 4.69) is 20.6 Å². The van der Waals surface area contributed by atoms with Crippen molar-refractivity contribution >= 4 is 11.8 Å². The first-order valence-electron chi connectivity index (χ1n) is 9.25. The Morgan fingerprint density at radius 1 is 1.10 bits per heavy atom. The number of halogens is 2. The van der Waals surface area contributed by atoms with E-state index in [1.165, 1.54) is 6.26 Å². The number of aromatic nitrogens is 2. The smallest absolute Gasteiger partial charge is 0.273 e. The third-order valence-electron chi connectivity index (χ3n) is 4.08. The zero-order valence-corrected chi connectivity index (χ0v) is 16.4. The minimum absolute atomic E-state index is 0.0529. The maximum absolute atomic E-state index is 14.0. The topological polar surface area (TPSA) is 97.1 Å². The molecule has 0 unspecified atom stereocenters. The largest absolute Gasteiger partial charge is 0.446 e. The Bertz CT molecular complexity index is 1040. The number of pyridine rings is 1. The highest BCUT2D eigenvalue weighted by Gasteiger charge is 2.25. The summed E-state index contributed by atoms with van der Waals surface area (Å²) >= 11 is 0. The molecular weight excluding hydrogens is 394 g/mol. The van der Waals surface area contributed by atoms with Crippen molar-refractivity contribution < 1.29 is 22.8 Å². The lowest BCUT2D eigenvalue weighted by molar-refractivity contribution is 0.0918. The second-order valence-electron chi connectivity index (χ2n) is 6.90. The summed E-state index contributed by atoms with van der Waals surface area (Å²) in [5, 5.41) is 5.30. The molecule has 2 heterocycles. The standard InChI is InChI=1S/C21H20F2N4O3/c1-12(2)25-19(28)17-11-30-21(27-17)16(8-13-6-4-3-5-7-13)26-20(29)18-15(23)9-14(22)10-24-18/h3-7,9-12,16H,8H2,1-2H3,(H,25,28)(H,26,29)/t16-/m1/s1. The molecule has 156 valence electrons. The summed E-state index contributed by atoms with van der Waals surface area (Å²) in [7, 11) is 0. The molecule has 0 bridgehead atoms. The first-order chi connectivity index (χ1) is 14.3. The van der Waals surface area contributed by atoms with Gasteiger partial charge in [0.25, 0.3) is 11.8 Å². The van der Waals surface area contributed by atoms with Crippen molar-refractivity contribution in [1.29, 1.82) is 0 Å². The summed E-state index contributed by atoms with van der Waals surface area (Å²) in [5.41, 5.74) is 0.345. The van der Waals surface area contributed by atoms with Crippen LogP contribution in [0.25, 0.3) is 0 Å². The van der Waals surface area contributed by atoms with Crippen LogP contribution in [0.3, 0.4) is 0 Å². The van der Waals surface area contributed by atoms with E-state index in [1.807, 2.05) is 44.2 Å². The number of amides is 2. The first kappa shape index (κ1) is 21.1. The fourth-order valence-corrected chi connectivity index (χ4v) is 2.75. The third kappa shape index (κ3) is 5.25. The third-order valence-corrected chi connectivity index (χ3v) is 4.08. The molecule has 1 atom stereocenters. The summed E-state index contributed by atoms with van der Waals surface area (Å²) in [6.45, 7) is 3.61. The second-order valence-corrected chi connectivity index (χ2v) is 6.90. The highest BCUT2D eigenvalue weighted by Crippen LogP contribution is 2.20. The molecule has 3 rings (SSSR count). The van der Waals surface area contributed by atoms with Gasteiger partial charge in [-0.3, -0.25) is 9.59 Å². The number of benzene rings is 1. The van der Waals surface area contributed by atoms with E-state index >= 15 is 0 Å². The minimum Gasteiger partial charge on any atom is -0.446 e. The van der Waals surface area contributed by atoms with Crippen molar-refractivity contribution in [2.45, 2.75) is 32.4 Å². The lowest BCUT2D eigenvalue weighted by atomic mass is 10.1. The first-order valence-corrected chi connectivity index (χ1v) is 9.25. The van der Waals surface area contributed by atoms with Crippen LogP contribution in [-0.4, -0.2) is 27.8 Å². The molecule has 2 amide bonds. The van der Waals surface area contributed by atoms with Gasteiger partial charge < -0.3 is 15.1 Å². The van der Waals surface area contributed by atoms with Gasteiger partial charge in [0.1, 0.15) is 18.1 Å². The molecule has 9 heteroatoms. The van der Waals surface area contributed by atoms with Crippen LogP contribution in [0.1, 0.15) is 52.3 Å². The maximum atomic E-state index is 14.0. The zero-order valence-electron chi connectivity index (χ0n) is 16.4. The Kier molecular flexibility index (Phi) is 6.51. The Balaban J connectivity index is 1.86. The average molecular weight is 414 g/mol. The van der Waals surface area contributed by atoms with Crippen molar-refractivity contribution in [2.75, 3.05) is 0 Å². The fourth-order valence-electron chi connectivity index (χ4n) is 2.75. The van der Waals surface area contributed by atoms with E-state index in [0.717, 1.165) is 11.8 Å². The van der Waals surface area contributed by atoms with E-state index in [-0.39, 0.29) is 24.0 Å². The summed E-state index contributed by atoms with van der Waals surface area (Å²) < 4.78 is 32.5. The molecule has 0 fully saturated rings. The predicted molar refractivity (Wildman–Crippen MR) is 104 cm³/mol. The Hall–Kier alpha value is -3.62. The summed E-state index contributed by atoms with van der Waals surface area (Å²) in [6.07, 6.45) is 2.21. The van der Waals surface area contributed by atoms with E-state index in [1.54, 1.807) is 0 Å². The highest BCUT2D eigenvalue weighted by atomic mass is 19.1. The average Bonchev–Trinajstić information content (AvgIpc) is 3.18. The van der Waals surface area contributed by atoms with Crippen LogP contribution in [0.4, 0.5) is 8.78 Å². The SMILES string of the molecule is CC(C)NC(=O)c1coc([C@@H](Cc2ccccc2)NC(=O)c2ncc(F)cc2F)n1. The Morgan fingerprint density at radius 2 is 1.83 bits per heavy atom. The summed E-state index contributed by atoms with van der Waals surface area (Å²) in [4.78, 5) is 32.4. The molecule has 3 aromatic rings. The van der Waals surface area contributed by atoms with Gasteiger partial charge in [0.15, 0.2) is 17.2 Å². The molecule has 0 aliphatic heterocycles. The number of carbonyl (C=O) groups excluding carboxylic acids is 2. The molecule has 2 aromatic heterocycles. The highest BCUT2D eigenvalue weighted by molar-refractivity contribution is 5.93. The number of nitrogens with zero attached hydrogens (tertiary/aromatic N) is 2. The Labute approximate surface area is 171 Å². The number of oxazole rings is 1. The van der Waals surface area contributed by atoms with Gasteiger partial charge in [-0.1, -0.05) is 30.3 Å². The summed E-state index contributed by atoms with van der Waals surface area (Å²) in [5.74, 6) is -3.19. The van der Waals surface area contributed by atoms with Gasteiger partial charge in [-0.2, -0.15) is 0 Å². The van der Waals surface area contributed by atoms with Crippen molar-refractivity contribution in [3.8, 4) is 0 Å². The van der Waals surface area contributed by atoms with Crippen LogP contribution in [0.5, 0.6) is 0 Å². The molecule has 2 N–H and O–H groups in total. The summed E-state index contributed by atoms with van der Waals surface area (Å²) in [6, 6.07) is 8.84. The van der Waals surface area contributed by atoms with Crippen LogP contribution in [0.15, 0.2) is 53.3 Å². The van der Waals surface area contributed by atoms with Gasteiger partial charge in [0.05, 0.1) is 6.20 Å². The lowest BCUT2D eigenvalue weighted by Crippen LogP contribution is -2.32. The molecule has 0 aliphatic carbocycles. The number of hydrogen-bond donors (Lipinski definition) is 2. The lowest BCUT2D eigenvalue weighted by Gasteiger charge is -2.16. The van der Waals surface area contributed by atoms with Gasteiger partial charge in [-0.05, 0) is 19.4 Å². The Morgan fingerprint density at radius 3 is 2.50 bits per heavy atom. The van der Waals surface area contributed by atoms with Gasteiger partial charge in [-0.25, -0.2) is 18.7 Å². The molecule has 0 saturated heterocycles. The molecule has 0 aliphatic rings.